The van der Waals surface area contributed by atoms with E-state index < -0.39 is 86.6 Å². The highest BCUT2D eigenvalue weighted by atomic mass is 16.8. The van der Waals surface area contributed by atoms with Crippen molar-refractivity contribution in [3.05, 3.63) is 11.6 Å². The minimum Gasteiger partial charge on any atom is -0.453 e. The first kappa shape index (κ1) is 63.4. The molecule has 0 bridgehead atoms. The molecule has 0 spiro atoms. The van der Waals surface area contributed by atoms with Gasteiger partial charge in [-0.25, -0.2) is 4.79 Å². The van der Waals surface area contributed by atoms with Gasteiger partial charge in [0.2, 0.25) is 6.29 Å². The third-order valence-corrected chi connectivity index (χ3v) is 14.4. The molecule has 2 rings (SSSR count). The summed E-state index contributed by atoms with van der Waals surface area (Å²) >= 11 is 0. The molecule has 0 aromatic rings. The third-order valence-electron chi connectivity index (χ3n) is 14.4. The highest BCUT2D eigenvalue weighted by molar-refractivity contribution is 5.88. The quantitative estimate of drug-likeness (QED) is 0.0192. The number of aliphatic hydroxyl groups is 6. The Labute approximate surface area is 419 Å². The molecule has 0 saturated carbocycles. The van der Waals surface area contributed by atoms with Crippen LogP contribution in [0.1, 0.15) is 241 Å². The van der Waals surface area contributed by atoms with Gasteiger partial charge in [0.15, 0.2) is 18.5 Å². The number of carbonyl (C=O) groups excluding carboxylic acids is 2. The summed E-state index contributed by atoms with van der Waals surface area (Å²) in [6, 6.07) is 0. The smallest absolute Gasteiger partial charge is 0.333 e. The molecule has 406 valence electrons. The largest absolute Gasteiger partial charge is 0.453 e. The molecule has 0 radical (unpaired) electrons. The number of aliphatic hydroxyl groups excluding tert-OH is 6. The molecule has 0 aromatic carbocycles. The van der Waals surface area contributed by atoms with E-state index in [2.05, 4.69) is 34.6 Å². The first-order valence-corrected chi connectivity index (χ1v) is 28.3. The van der Waals surface area contributed by atoms with E-state index >= 15 is 0 Å². The maximum Gasteiger partial charge on any atom is 0.333 e. The minimum atomic E-state index is -1.82. The SMILES string of the molecule is CCCCCCCCCCCCCCCC[C@H](C)C[C@H](C)C[C@H](C)/C=C(\C)C(=O)OC1C(O)C(CO)OC(OC2OC(CO)C(O)C(O)C2O)C1OC(=O)CCCCCCCCCCCCCCC. The summed E-state index contributed by atoms with van der Waals surface area (Å²) in [6.45, 7) is 11.3. The Morgan fingerprint density at radius 3 is 1.42 bits per heavy atom. The van der Waals surface area contributed by atoms with E-state index in [0.29, 0.717) is 23.8 Å². The van der Waals surface area contributed by atoms with Crippen LogP contribution in [0.3, 0.4) is 0 Å². The van der Waals surface area contributed by atoms with Crippen LogP contribution >= 0.6 is 0 Å². The molecule has 2 aliphatic heterocycles. The van der Waals surface area contributed by atoms with Crippen LogP contribution in [0, 0.1) is 17.8 Å². The molecule has 0 aliphatic carbocycles. The van der Waals surface area contributed by atoms with Crippen LogP contribution in [0.2, 0.25) is 0 Å². The van der Waals surface area contributed by atoms with Gasteiger partial charge in [-0.2, -0.15) is 0 Å². The molecule has 2 aliphatic rings. The number of esters is 2. The van der Waals surface area contributed by atoms with Crippen molar-refractivity contribution < 1.29 is 63.9 Å². The van der Waals surface area contributed by atoms with Crippen LogP contribution < -0.4 is 0 Å². The van der Waals surface area contributed by atoms with Gasteiger partial charge < -0.3 is 54.3 Å². The average Bonchev–Trinajstić information content (AvgIpc) is 3.32. The lowest BCUT2D eigenvalue weighted by atomic mass is 9.86. The van der Waals surface area contributed by atoms with Gasteiger partial charge >= 0.3 is 11.9 Å². The number of rotatable bonds is 41. The summed E-state index contributed by atoms with van der Waals surface area (Å²) < 4.78 is 29.1. The zero-order valence-corrected chi connectivity index (χ0v) is 44.5. The van der Waals surface area contributed by atoms with E-state index in [-0.39, 0.29) is 12.3 Å². The van der Waals surface area contributed by atoms with Crippen molar-refractivity contribution in [3.63, 3.8) is 0 Å². The lowest BCUT2D eigenvalue weighted by Gasteiger charge is -2.46. The highest BCUT2D eigenvalue weighted by Crippen LogP contribution is 2.32. The average molecular weight is 985 g/mol. The molecular formula is C56H104O13. The Morgan fingerprint density at radius 2 is 0.942 bits per heavy atom. The molecule has 0 amide bonds. The van der Waals surface area contributed by atoms with Crippen LogP contribution in [0.4, 0.5) is 0 Å². The summed E-state index contributed by atoms with van der Waals surface area (Å²) in [4.78, 5) is 27.2. The van der Waals surface area contributed by atoms with E-state index in [9.17, 15) is 40.2 Å². The molecular weight excluding hydrogens is 881 g/mol. The Morgan fingerprint density at radius 1 is 0.507 bits per heavy atom. The molecule has 2 saturated heterocycles. The zero-order valence-electron chi connectivity index (χ0n) is 44.5. The molecule has 13 heteroatoms. The van der Waals surface area contributed by atoms with Gasteiger partial charge in [-0.05, 0) is 43.9 Å². The van der Waals surface area contributed by atoms with E-state index in [1.165, 1.54) is 148 Å². The van der Waals surface area contributed by atoms with Crippen molar-refractivity contribution in [2.45, 2.75) is 302 Å². The molecule has 0 aromatic heterocycles. The fourth-order valence-electron chi connectivity index (χ4n) is 10.2. The van der Waals surface area contributed by atoms with Gasteiger partial charge in [-0.1, -0.05) is 214 Å². The van der Waals surface area contributed by atoms with E-state index in [4.69, 9.17) is 23.7 Å². The zero-order chi connectivity index (χ0) is 50.8. The van der Waals surface area contributed by atoms with Gasteiger partial charge in [0.25, 0.3) is 0 Å². The molecule has 10 unspecified atom stereocenters. The Hall–Kier alpha value is -1.68. The second kappa shape index (κ2) is 38.9. The van der Waals surface area contributed by atoms with Crippen molar-refractivity contribution in [3.8, 4) is 0 Å². The summed E-state index contributed by atoms with van der Waals surface area (Å²) in [5.41, 5.74) is 0.299. The van der Waals surface area contributed by atoms with E-state index in [1.54, 1.807) is 6.92 Å². The minimum absolute atomic E-state index is 0.0356. The maximum atomic E-state index is 13.8. The fraction of sp³-hybridized carbons (Fsp3) is 0.929. The molecule has 6 N–H and O–H groups in total. The van der Waals surface area contributed by atoms with Crippen molar-refractivity contribution in [1.29, 1.82) is 0 Å². The van der Waals surface area contributed by atoms with E-state index in [0.717, 1.165) is 38.5 Å². The summed E-state index contributed by atoms with van der Waals surface area (Å²) in [6.07, 6.45) is 22.7. The summed E-state index contributed by atoms with van der Waals surface area (Å²) in [5, 5.41) is 63.0. The Kier molecular flexibility index (Phi) is 35.7. The monoisotopic (exact) mass is 985 g/mol. The van der Waals surface area contributed by atoms with Crippen molar-refractivity contribution in [2.24, 2.45) is 17.8 Å². The molecule has 2 fully saturated rings. The molecule has 13 atom stereocenters. The van der Waals surface area contributed by atoms with Crippen LogP contribution in [-0.2, 0) is 33.3 Å². The first-order valence-electron chi connectivity index (χ1n) is 28.3. The number of carbonyl (C=O) groups is 2. The summed E-state index contributed by atoms with van der Waals surface area (Å²) in [7, 11) is 0. The Bertz CT molecular complexity index is 1310. The van der Waals surface area contributed by atoms with Gasteiger partial charge in [0, 0.05) is 12.0 Å². The van der Waals surface area contributed by atoms with Gasteiger partial charge in [0.05, 0.1) is 13.2 Å². The topological polar surface area (TPSA) is 202 Å². The lowest BCUT2D eigenvalue weighted by Crippen LogP contribution is -2.65. The number of hydrogen-bond acceptors (Lipinski definition) is 13. The van der Waals surface area contributed by atoms with E-state index in [1.807, 2.05) is 6.08 Å². The van der Waals surface area contributed by atoms with Gasteiger partial charge in [-0.3, -0.25) is 4.79 Å². The lowest BCUT2D eigenvalue weighted by molar-refractivity contribution is -0.376. The normalized spacial score (nSPS) is 26.7. The highest BCUT2D eigenvalue weighted by Gasteiger charge is 2.53. The fourth-order valence-corrected chi connectivity index (χ4v) is 10.2. The molecule has 2 heterocycles. The van der Waals surface area contributed by atoms with Crippen molar-refractivity contribution >= 4 is 11.9 Å². The molecule has 69 heavy (non-hydrogen) atoms. The standard InChI is InChI=1S/C56H104O13/c1-7-9-11-13-15-17-19-21-23-24-26-28-30-32-34-41(3)36-42(4)37-43(5)38-44(6)54(64)68-52-49(61)46(40-58)66-56(69-55-51(63)50(62)48(60)45(39-57)65-55)53(52)67-47(59)35-33-31-29-27-25-22-20-18-16-14-12-10-8-2/h38,41-43,45-46,48-53,55-58,60-63H,7-37,39-40H2,1-6H3/b44-38+/t41-,42-,43-,45?,46?,48?,49?,50?,51?,52?,53?,55?,56?/m0/s1. The van der Waals surface area contributed by atoms with Crippen molar-refractivity contribution in [2.75, 3.05) is 13.2 Å². The third kappa shape index (κ3) is 26.7. The number of allylic oxidation sites excluding steroid dienone is 1. The van der Waals surface area contributed by atoms with Crippen LogP contribution in [0.15, 0.2) is 11.6 Å². The van der Waals surface area contributed by atoms with Crippen LogP contribution in [0.5, 0.6) is 0 Å². The Balaban J connectivity index is 1.95. The van der Waals surface area contributed by atoms with Crippen molar-refractivity contribution in [1.82, 2.24) is 0 Å². The van der Waals surface area contributed by atoms with Gasteiger partial charge in [0.1, 0.15) is 36.6 Å². The van der Waals surface area contributed by atoms with Crippen LogP contribution in [-0.4, -0.2) is 117 Å². The first-order chi connectivity index (χ1) is 33.3. The predicted molar refractivity (Wildman–Crippen MR) is 272 cm³/mol. The maximum absolute atomic E-state index is 13.8. The number of hydrogen-bond donors (Lipinski definition) is 6. The second-order valence-corrected chi connectivity index (χ2v) is 21.3. The summed E-state index contributed by atoms with van der Waals surface area (Å²) in [5.74, 6) is -0.327. The number of unbranched alkanes of at least 4 members (excludes halogenated alkanes) is 25. The second-order valence-electron chi connectivity index (χ2n) is 21.3. The van der Waals surface area contributed by atoms with Gasteiger partial charge in [-0.15, -0.1) is 0 Å². The molecule has 13 nitrogen and oxygen atoms in total. The van der Waals surface area contributed by atoms with Crippen LogP contribution in [0.25, 0.3) is 0 Å². The predicted octanol–water partition coefficient (Wildman–Crippen LogP) is 10.7. The number of ether oxygens (including phenoxy) is 5.